The van der Waals surface area contributed by atoms with Crippen molar-refractivity contribution in [2.45, 2.75) is 12.8 Å². The standard InChI is InChI=1S/C25H19N3O2S/c29-21-14-12-18-15-19(11-13-20(18)26-21)24(30)28-25-27-22(16-7-3-1-4-8-16)23(31-25)17-9-5-2-6-10-17/h1-11,13,15H,12,14H2,(H,26,29)(H,27,28,30). The van der Waals surface area contributed by atoms with Crippen LogP contribution in [0.3, 0.4) is 0 Å². The first-order valence-electron chi connectivity index (χ1n) is 10.0. The van der Waals surface area contributed by atoms with E-state index in [1.807, 2.05) is 66.7 Å². The van der Waals surface area contributed by atoms with E-state index in [2.05, 4.69) is 10.6 Å². The maximum atomic E-state index is 12.9. The minimum Gasteiger partial charge on any atom is -0.326 e. The lowest BCUT2D eigenvalue weighted by molar-refractivity contribution is -0.116. The highest BCUT2D eigenvalue weighted by atomic mass is 32.1. The molecule has 0 fully saturated rings. The van der Waals surface area contributed by atoms with E-state index in [-0.39, 0.29) is 11.8 Å². The monoisotopic (exact) mass is 425 g/mol. The van der Waals surface area contributed by atoms with Crippen molar-refractivity contribution >= 4 is 34.0 Å². The van der Waals surface area contributed by atoms with Crippen LogP contribution in [0.4, 0.5) is 10.8 Å². The number of thiazole rings is 1. The zero-order chi connectivity index (χ0) is 21.2. The molecule has 0 atom stereocenters. The summed E-state index contributed by atoms with van der Waals surface area (Å²) in [5.41, 5.74) is 5.21. The van der Waals surface area contributed by atoms with Crippen LogP contribution in [0.5, 0.6) is 0 Å². The summed E-state index contributed by atoms with van der Waals surface area (Å²) >= 11 is 1.46. The molecule has 2 heterocycles. The van der Waals surface area contributed by atoms with Gasteiger partial charge < -0.3 is 5.32 Å². The highest BCUT2D eigenvalue weighted by Gasteiger charge is 2.19. The molecule has 0 saturated carbocycles. The van der Waals surface area contributed by atoms with E-state index in [1.165, 1.54) is 11.3 Å². The average molecular weight is 426 g/mol. The third-order valence-corrected chi connectivity index (χ3v) is 6.21. The summed E-state index contributed by atoms with van der Waals surface area (Å²) in [6.45, 7) is 0. The number of hydrogen-bond donors (Lipinski definition) is 2. The zero-order valence-corrected chi connectivity index (χ0v) is 17.4. The third kappa shape index (κ3) is 3.98. The molecule has 5 rings (SSSR count). The molecule has 5 nitrogen and oxygen atoms in total. The van der Waals surface area contributed by atoms with Crippen molar-refractivity contribution in [1.82, 2.24) is 4.98 Å². The number of hydrogen-bond acceptors (Lipinski definition) is 4. The molecule has 4 aromatic rings. The molecule has 0 saturated heterocycles. The van der Waals surface area contributed by atoms with Crippen LogP contribution in [0.15, 0.2) is 78.9 Å². The number of aromatic nitrogens is 1. The number of anilines is 2. The summed E-state index contributed by atoms with van der Waals surface area (Å²) in [6.07, 6.45) is 1.07. The van der Waals surface area contributed by atoms with Gasteiger partial charge in [0.1, 0.15) is 0 Å². The number of carbonyl (C=O) groups excluding carboxylic acids is 2. The number of nitrogens with zero attached hydrogens (tertiary/aromatic N) is 1. The van der Waals surface area contributed by atoms with Gasteiger partial charge in [0.2, 0.25) is 5.91 Å². The lowest BCUT2D eigenvalue weighted by atomic mass is 10.0. The van der Waals surface area contributed by atoms with Crippen molar-refractivity contribution < 1.29 is 9.59 Å². The topological polar surface area (TPSA) is 71.1 Å². The summed E-state index contributed by atoms with van der Waals surface area (Å²) in [5, 5.41) is 6.35. The molecule has 0 bridgehead atoms. The number of fused-ring (bicyclic) bond motifs is 1. The van der Waals surface area contributed by atoms with Crippen LogP contribution in [0.25, 0.3) is 21.7 Å². The van der Waals surface area contributed by atoms with Crippen molar-refractivity contribution in [3.8, 4) is 21.7 Å². The first-order valence-corrected chi connectivity index (χ1v) is 10.8. The van der Waals surface area contributed by atoms with E-state index in [4.69, 9.17) is 4.98 Å². The fourth-order valence-corrected chi connectivity index (χ4v) is 4.63. The molecule has 0 aliphatic carbocycles. The SMILES string of the molecule is O=C1CCc2cc(C(=O)Nc3nc(-c4ccccc4)c(-c4ccccc4)s3)ccc2N1. The normalized spacial score (nSPS) is 12.7. The van der Waals surface area contributed by atoms with Crippen LogP contribution in [0.1, 0.15) is 22.3 Å². The Morgan fingerprint density at radius 1 is 0.903 bits per heavy atom. The Hall–Kier alpha value is -3.77. The molecule has 152 valence electrons. The minimum atomic E-state index is -0.215. The van der Waals surface area contributed by atoms with Gasteiger partial charge in [0, 0.05) is 23.2 Å². The Kier molecular flexibility index (Phi) is 5.06. The van der Waals surface area contributed by atoms with Crippen LogP contribution in [-0.4, -0.2) is 16.8 Å². The second kappa shape index (κ2) is 8.16. The van der Waals surface area contributed by atoms with E-state index < -0.39 is 0 Å². The molecule has 31 heavy (non-hydrogen) atoms. The van der Waals surface area contributed by atoms with Crippen LogP contribution in [0, 0.1) is 0 Å². The van der Waals surface area contributed by atoms with E-state index in [0.717, 1.165) is 32.9 Å². The van der Waals surface area contributed by atoms with Gasteiger partial charge in [-0.15, -0.1) is 0 Å². The quantitative estimate of drug-likeness (QED) is 0.446. The number of aryl methyl sites for hydroxylation is 1. The zero-order valence-electron chi connectivity index (χ0n) is 16.6. The summed E-state index contributed by atoms with van der Waals surface area (Å²) in [7, 11) is 0. The van der Waals surface area contributed by atoms with Crippen LogP contribution in [0.2, 0.25) is 0 Å². The molecule has 0 unspecified atom stereocenters. The van der Waals surface area contributed by atoms with Gasteiger partial charge >= 0.3 is 0 Å². The Balaban J connectivity index is 1.46. The Labute approximate surface area is 183 Å². The van der Waals surface area contributed by atoms with Crippen molar-refractivity contribution in [3.05, 3.63) is 90.0 Å². The van der Waals surface area contributed by atoms with Crippen molar-refractivity contribution in [3.63, 3.8) is 0 Å². The van der Waals surface area contributed by atoms with Crippen LogP contribution in [-0.2, 0) is 11.2 Å². The second-order valence-electron chi connectivity index (χ2n) is 7.30. The van der Waals surface area contributed by atoms with Gasteiger partial charge in [-0.3, -0.25) is 14.9 Å². The van der Waals surface area contributed by atoms with Crippen molar-refractivity contribution in [2.75, 3.05) is 10.6 Å². The number of benzene rings is 3. The molecule has 2 amide bonds. The summed E-state index contributed by atoms with van der Waals surface area (Å²) in [6, 6.07) is 25.4. The van der Waals surface area contributed by atoms with E-state index in [1.54, 1.807) is 12.1 Å². The first-order chi connectivity index (χ1) is 15.2. The molecule has 1 aliphatic rings. The fraction of sp³-hybridized carbons (Fsp3) is 0.0800. The van der Waals surface area contributed by atoms with Gasteiger partial charge in [0.15, 0.2) is 5.13 Å². The number of amides is 2. The van der Waals surface area contributed by atoms with Gasteiger partial charge in [-0.1, -0.05) is 72.0 Å². The largest absolute Gasteiger partial charge is 0.326 e. The summed E-state index contributed by atoms with van der Waals surface area (Å²) in [5.74, 6) is -0.206. The summed E-state index contributed by atoms with van der Waals surface area (Å²) in [4.78, 5) is 30.2. The lowest BCUT2D eigenvalue weighted by Crippen LogP contribution is -2.20. The smallest absolute Gasteiger partial charge is 0.257 e. The highest BCUT2D eigenvalue weighted by Crippen LogP contribution is 2.39. The molecule has 0 radical (unpaired) electrons. The molecular formula is C25H19N3O2S. The molecule has 2 N–H and O–H groups in total. The van der Waals surface area contributed by atoms with E-state index in [0.29, 0.717) is 23.5 Å². The fourth-order valence-electron chi connectivity index (χ4n) is 3.64. The summed E-state index contributed by atoms with van der Waals surface area (Å²) < 4.78 is 0. The number of carbonyl (C=O) groups is 2. The maximum Gasteiger partial charge on any atom is 0.257 e. The van der Waals surface area contributed by atoms with Crippen LogP contribution < -0.4 is 10.6 Å². The van der Waals surface area contributed by atoms with E-state index in [9.17, 15) is 9.59 Å². The van der Waals surface area contributed by atoms with Gasteiger partial charge in [-0.2, -0.15) is 0 Å². The number of nitrogens with one attached hydrogen (secondary N) is 2. The molecular weight excluding hydrogens is 406 g/mol. The lowest BCUT2D eigenvalue weighted by Gasteiger charge is -2.17. The van der Waals surface area contributed by atoms with Crippen molar-refractivity contribution in [2.24, 2.45) is 0 Å². The maximum absolute atomic E-state index is 12.9. The molecule has 1 aliphatic heterocycles. The van der Waals surface area contributed by atoms with E-state index >= 15 is 0 Å². The van der Waals surface area contributed by atoms with Gasteiger partial charge in [-0.25, -0.2) is 4.98 Å². The van der Waals surface area contributed by atoms with Gasteiger partial charge in [0.05, 0.1) is 10.6 Å². The number of rotatable bonds is 4. The Morgan fingerprint density at radius 3 is 2.35 bits per heavy atom. The van der Waals surface area contributed by atoms with Crippen molar-refractivity contribution in [1.29, 1.82) is 0 Å². The third-order valence-electron chi connectivity index (χ3n) is 5.19. The van der Waals surface area contributed by atoms with Gasteiger partial charge in [-0.05, 0) is 35.7 Å². The highest BCUT2D eigenvalue weighted by molar-refractivity contribution is 7.19. The Morgan fingerprint density at radius 2 is 1.61 bits per heavy atom. The predicted octanol–water partition coefficient (Wildman–Crippen LogP) is 5.61. The molecule has 0 spiro atoms. The molecule has 3 aromatic carbocycles. The average Bonchev–Trinajstić information content (AvgIpc) is 3.23. The molecule has 1 aromatic heterocycles. The van der Waals surface area contributed by atoms with Gasteiger partial charge in [0.25, 0.3) is 5.91 Å². The predicted molar refractivity (Wildman–Crippen MR) is 124 cm³/mol. The Bertz CT molecular complexity index is 1210. The molecule has 6 heteroatoms. The first kappa shape index (κ1) is 19.2. The minimum absolute atomic E-state index is 0.00868. The second-order valence-corrected chi connectivity index (χ2v) is 8.30. The van der Waals surface area contributed by atoms with Crippen LogP contribution >= 0.6 is 11.3 Å².